The van der Waals surface area contributed by atoms with E-state index in [0.717, 1.165) is 15.6 Å². The second kappa shape index (κ2) is 4.90. The Hall–Kier alpha value is -1.32. The third kappa shape index (κ3) is 2.68. The van der Waals surface area contributed by atoms with E-state index in [9.17, 15) is 4.79 Å². The molecule has 2 N–H and O–H groups in total. The van der Waals surface area contributed by atoms with Gasteiger partial charge in [-0.1, -0.05) is 45.7 Å². The van der Waals surface area contributed by atoms with E-state index in [4.69, 9.17) is 17.3 Å². The van der Waals surface area contributed by atoms with Crippen molar-refractivity contribution in [2.75, 3.05) is 0 Å². The first kappa shape index (κ1) is 12.1. The van der Waals surface area contributed by atoms with Crippen LogP contribution in [-0.4, -0.2) is 5.91 Å². The average Bonchev–Trinajstić information content (AvgIpc) is 2.30. The van der Waals surface area contributed by atoms with Gasteiger partial charge < -0.3 is 5.73 Å². The number of nitrogens with two attached hydrogens (primary N) is 1. The predicted octanol–water partition coefficient (Wildman–Crippen LogP) is 3.87. The third-order valence-corrected chi connectivity index (χ3v) is 3.17. The summed E-state index contributed by atoms with van der Waals surface area (Å²) in [5.74, 6) is -0.481. The van der Waals surface area contributed by atoms with Crippen molar-refractivity contribution in [3.63, 3.8) is 0 Å². The first-order valence-corrected chi connectivity index (χ1v) is 6.10. The van der Waals surface area contributed by atoms with Crippen molar-refractivity contribution in [2.45, 2.75) is 0 Å². The monoisotopic (exact) mass is 309 g/mol. The van der Waals surface area contributed by atoms with Gasteiger partial charge in [0.1, 0.15) is 0 Å². The second-order valence-corrected chi connectivity index (χ2v) is 4.91. The molecule has 0 heterocycles. The van der Waals surface area contributed by atoms with Crippen LogP contribution in [0.5, 0.6) is 0 Å². The van der Waals surface area contributed by atoms with Gasteiger partial charge in [0.05, 0.1) is 0 Å². The standard InChI is InChI=1S/C13H9BrClNO/c14-9-3-1-8(2-4-9)11-6-5-10(15)7-12(11)13(16)17/h1-7H,(H2,16,17). The molecule has 2 aromatic carbocycles. The molecule has 0 aliphatic carbocycles. The lowest BCUT2D eigenvalue weighted by Gasteiger charge is -2.07. The van der Waals surface area contributed by atoms with Crippen LogP contribution in [0.1, 0.15) is 10.4 Å². The van der Waals surface area contributed by atoms with Crippen molar-refractivity contribution < 1.29 is 4.79 Å². The molecule has 0 aliphatic rings. The number of benzene rings is 2. The minimum Gasteiger partial charge on any atom is -0.366 e. The lowest BCUT2D eigenvalue weighted by atomic mass is 9.99. The van der Waals surface area contributed by atoms with Crippen molar-refractivity contribution in [2.24, 2.45) is 5.73 Å². The first-order valence-electron chi connectivity index (χ1n) is 4.93. The average molecular weight is 311 g/mol. The summed E-state index contributed by atoms with van der Waals surface area (Å²) in [6.07, 6.45) is 0. The van der Waals surface area contributed by atoms with Crippen molar-refractivity contribution in [3.05, 3.63) is 57.5 Å². The molecule has 0 bridgehead atoms. The van der Waals surface area contributed by atoms with Gasteiger partial charge in [-0.2, -0.15) is 0 Å². The molecule has 86 valence electrons. The molecule has 0 aromatic heterocycles. The number of rotatable bonds is 2. The van der Waals surface area contributed by atoms with Gasteiger partial charge in [-0.15, -0.1) is 0 Å². The number of carbonyl (C=O) groups is 1. The molecule has 0 saturated carbocycles. The van der Waals surface area contributed by atoms with E-state index in [2.05, 4.69) is 15.9 Å². The zero-order valence-corrected chi connectivity index (χ0v) is 11.1. The van der Waals surface area contributed by atoms with Crippen LogP contribution in [-0.2, 0) is 0 Å². The molecule has 4 heteroatoms. The summed E-state index contributed by atoms with van der Waals surface area (Å²) in [7, 11) is 0. The molecule has 2 nitrogen and oxygen atoms in total. The molecular formula is C13H9BrClNO. The number of primary amides is 1. The fourth-order valence-corrected chi connectivity index (χ4v) is 2.04. The summed E-state index contributed by atoms with van der Waals surface area (Å²) in [6, 6.07) is 12.8. The molecular weight excluding hydrogens is 302 g/mol. The quantitative estimate of drug-likeness (QED) is 0.899. The molecule has 0 aliphatic heterocycles. The van der Waals surface area contributed by atoms with Crippen molar-refractivity contribution in [3.8, 4) is 11.1 Å². The van der Waals surface area contributed by atoms with Gasteiger partial charge in [-0.25, -0.2) is 0 Å². The molecule has 2 rings (SSSR count). The van der Waals surface area contributed by atoms with Crippen molar-refractivity contribution in [1.82, 2.24) is 0 Å². The van der Waals surface area contributed by atoms with Gasteiger partial charge >= 0.3 is 0 Å². The number of halogens is 2. The Morgan fingerprint density at radius 1 is 1.12 bits per heavy atom. The minimum absolute atomic E-state index is 0.430. The van der Waals surface area contributed by atoms with Crippen LogP contribution in [0.4, 0.5) is 0 Å². The van der Waals surface area contributed by atoms with E-state index in [0.29, 0.717) is 10.6 Å². The Labute approximate surface area is 113 Å². The molecule has 0 saturated heterocycles. The van der Waals surface area contributed by atoms with Gasteiger partial charge in [0, 0.05) is 15.1 Å². The highest BCUT2D eigenvalue weighted by molar-refractivity contribution is 9.10. The van der Waals surface area contributed by atoms with Gasteiger partial charge in [0.2, 0.25) is 5.91 Å². The third-order valence-electron chi connectivity index (χ3n) is 2.40. The van der Waals surface area contributed by atoms with Crippen LogP contribution < -0.4 is 5.73 Å². The summed E-state index contributed by atoms with van der Waals surface area (Å²) in [5.41, 5.74) is 7.49. The van der Waals surface area contributed by atoms with E-state index in [-0.39, 0.29) is 0 Å². The zero-order valence-electron chi connectivity index (χ0n) is 8.78. The van der Waals surface area contributed by atoms with E-state index in [1.807, 2.05) is 24.3 Å². The van der Waals surface area contributed by atoms with E-state index in [1.54, 1.807) is 18.2 Å². The van der Waals surface area contributed by atoms with Crippen LogP contribution in [0.25, 0.3) is 11.1 Å². The molecule has 0 atom stereocenters. The zero-order chi connectivity index (χ0) is 12.4. The maximum absolute atomic E-state index is 11.4. The van der Waals surface area contributed by atoms with Crippen LogP contribution in [0.15, 0.2) is 46.9 Å². The summed E-state index contributed by atoms with van der Waals surface area (Å²) < 4.78 is 0.982. The van der Waals surface area contributed by atoms with Gasteiger partial charge in [-0.05, 0) is 35.4 Å². The van der Waals surface area contributed by atoms with Gasteiger partial charge in [-0.3, -0.25) is 4.79 Å². The van der Waals surface area contributed by atoms with E-state index < -0.39 is 5.91 Å². The predicted molar refractivity (Wildman–Crippen MR) is 73.1 cm³/mol. The van der Waals surface area contributed by atoms with E-state index >= 15 is 0 Å². The number of hydrogen-bond acceptors (Lipinski definition) is 1. The maximum atomic E-state index is 11.4. The van der Waals surface area contributed by atoms with Gasteiger partial charge in [0.25, 0.3) is 0 Å². The van der Waals surface area contributed by atoms with Crippen LogP contribution in [0.3, 0.4) is 0 Å². The normalized spacial score (nSPS) is 10.2. The van der Waals surface area contributed by atoms with Crippen molar-refractivity contribution >= 4 is 33.4 Å². The van der Waals surface area contributed by atoms with Crippen LogP contribution >= 0.6 is 27.5 Å². The topological polar surface area (TPSA) is 43.1 Å². The highest BCUT2D eigenvalue weighted by atomic mass is 79.9. The maximum Gasteiger partial charge on any atom is 0.249 e. The largest absolute Gasteiger partial charge is 0.366 e. The molecule has 0 unspecified atom stereocenters. The molecule has 0 radical (unpaired) electrons. The Bertz CT molecular complexity index is 566. The lowest BCUT2D eigenvalue weighted by molar-refractivity contribution is 0.100. The highest BCUT2D eigenvalue weighted by Crippen LogP contribution is 2.27. The fraction of sp³-hybridized carbons (Fsp3) is 0. The summed E-state index contributed by atoms with van der Waals surface area (Å²) in [4.78, 5) is 11.4. The molecule has 2 aromatic rings. The summed E-state index contributed by atoms with van der Waals surface area (Å²) >= 11 is 9.22. The van der Waals surface area contributed by atoms with Gasteiger partial charge in [0.15, 0.2) is 0 Å². The Kier molecular flexibility index (Phi) is 3.50. The SMILES string of the molecule is NC(=O)c1cc(Cl)ccc1-c1ccc(Br)cc1. The first-order chi connectivity index (χ1) is 8.08. The molecule has 0 fully saturated rings. The molecule has 17 heavy (non-hydrogen) atoms. The van der Waals surface area contributed by atoms with Crippen LogP contribution in [0, 0.1) is 0 Å². The fourth-order valence-electron chi connectivity index (χ4n) is 1.60. The highest BCUT2D eigenvalue weighted by Gasteiger charge is 2.10. The van der Waals surface area contributed by atoms with E-state index in [1.165, 1.54) is 0 Å². The molecule has 1 amide bonds. The molecule has 0 spiro atoms. The summed E-state index contributed by atoms with van der Waals surface area (Å²) in [6.45, 7) is 0. The number of amides is 1. The number of hydrogen-bond donors (Lipinski definition) is 1. The van der Waals surface area contributed by atoms with Crippen molar-refractivity contribution in [1.29, 1.82) is 0 Å². The summed E-state index contributed by atoms with van der Waals surface area (Å²) in [5, 5.41) is 0.500. The Balaban J connectivity index is 2.58. The smallest absolute Gasteiger partial charge is 0.249 e. The number of carbonyl (C=O) groups excluding carboxylic acids is 1. The second-order valence-electron chi connectivity index (χ2n) is 3.56. The minimum atomic E-state index is -0.481. The van der Waals surface area contributed by atoms with Crippen LogP contribution in [0.2, 0.25) is 5.02 Å². The Morgan fingerprint density at radius 2 is 1.76 bits per heavy atom. The lowest BCUT2D eigenvalue weighted by Crippen LogP contribution is -2.12. The Morgan fingerprint density at radius 3 is 2.35 bits per heavy atom.